The maximum Gasteiger partial charge on any atom is 0.223 e. The largest absolute Gasteiger partial charge is 0.355 e. The van der Waals surface area contributed by atoms with Gasteiger partial charge in [-0.05, 0) is 32.8 Å². The van der Waals surface area contributed by atoms with Crippen molar-refractivity contribution in [2.45, 2.75) is 52.4 Å². The van der Waals surface area contributed by atoms with Crippen LogP contribution in [0.5, 0.6) is 0 Å². The van der Waals surface area contributed by atoms with Crippen molar-refractivity contribution < 1.29 is 4.79 Å². The normalized spacial score (nSPS) is 15.7. The molecule has 5 nitrogen and oxygen atoms in total. The topological polar surface area (TPSA) is 59.8 Å². The number of aryl methyl sites for hydroxylation is 2. The van der Waals surface area contributed by atoms with Crippen LogP contribution >= 0.6 is 11.3 Å². The van der Waals surface area contributed by atoms with Crippen LogP contribution in [-0.4, -0.2) is 27.2 Å². The molecule has 2 aromatic rings. The first-order valence-electron chi connectivity index (χ1n) is 8.39. The fourth-order valence-electron chi connectivity index (χ4n) is 3.15. The molecule has 2 heterocycles. The lowest BCUT2D eigenvalue weighted by atomic mass is 9.89. The van der Waals surface area contributed by atoms with E-state index in [1.807, 2.05) is 24.6 Å². The highest BCUT2D eigenvalue weighted by Crippen LogP contribution is 2.23. The second kappa shape index (κ2) is 7.25. The molecule has 0 aliphatic heterocycles. The summed E-state index contributed by atoms with van der Waals surface area (Å²) in [6.45, 7) is 4.68. The van der Waals surface area contributed by atoms with Crippen LogP contribution in [-0.2, 0) is 11.2 Å². The number of carbonyl (C=O) groups is 1. The fraction of sp³-hybridized carbons (Fsp3) is 0.588. The Hall–Kier alpha value is -1.69. The van der Waals surface area contributed by atoms with E-state index in [0.29, 0.717) is 6.54 Å². The second-order valence-corrected chi connectivity index (χ2v) is 7.17. The summed E-state index contributed by atoms with van der Waals surface area (Å²) >= 11 is 1.59. The predicted octanol–water partition coefficient (Wildman–Crippen LogP) is 3.18. The summed E-state index contributed by atoms with van der Waals surface area (Å²) < 4.78 is 1.88. The quantitative estimate of drug-likeness (QED) is 0.915. The van der Waals surface area contributed by atoms with E-state index in [0.717, 1.165) is 41.5 Å². The molecule has 0 atom stereocenters. The minimum Gasteiger partial charge on any atom is -0.355 e. The Labute approximate surface area is 141 Å². The number of aromatic nitrogens is 3. The van der Waals surface area contributed by atoms with Gasteiger partial charge in [0.25, 0.3) is 0 Å². The van der Waals surface area contributed by atoms with Crippen molar-refractivity contribution in [3.63, 3.8) is 0 Å². The van der Waals surface area contributed by atoms with Crippen LogP contribution in [0.1, 0.15) is 49.2 Å². The fourth-order valence-corrected chi connectivity index (χ4v) is 4.02. The summed E-state index contributed by atoms with van der Waals surface area (Å²) in [6.07, 6.45) is 6.52. The summed E-state index contributed by atoms with van der Waals surface area (Å²) in [6, 6.07) is 2.05. The molecular formula is C17H24N4OS. The lowest BCUT2D eigenvalue weighted by molar-refractivity contribution is -0.125. The molecule has 1 amide bonds. The Morgan fingerprint density at radius 1 is 1.35 bits per heavy atom. The van der Waals surface area contributed by atoms with Gasteiger partial charge in [-0.2, -0.15) is 5.10 Å². The zero-order valence-corrected chi connectivity index (χ0v) is 14.7. The van der Waals surface area contributed by atoms with Crippen molar-refractivity contribution in [2.75, 3.05) is 6.54 Å². The average Bonchev–Trinajstić information content (AvgIpc) is 3.14. The molecule has 0 saturated heterocycles. The number of amides is 1. The third kappa shape index (κ3) is 3.99. The number of thiazole rings is 1. The van der Waals surface area contributed by atoms with Crippen LogP contribution in [0, 0.1) is 19.8 Å². The SMILES string of the molecule is Cc1cc(C)n(-c2nc(CCNC(=O)C3CCCCC3)cs2)n1. The molecule has 2 aromatic heterocycles. The summed E-state index contributed by atoms with van der Waals surface area (Å²) in [5.74, 6) is 0.447. The zero-order chi connectivity index (χ0) is 16.2. The molecule has 6 heteroatoms. The standard InChI is InChI=1S/C17H24N4OS/c1-12-10-13(2)21(20-12)17-19-15(11-23-17)8-9-18-16(22)14-6-4-3-5-7-14/h10-11,14H,3-9H2,1-2H3,(H,18,22). The van der Waals surface area contributed by atoms with Crippen molar-refractivity contribution in [3.8, 4) is 5.13 Å². The molecule has 23 heavy (non-hydrogen) atoms. The van der Waals surface area contributed by atoms with Gasteiger partial charge >= 0.3 is 0 Å². The van der Waals surface area contributed by atoms with Crippen LogP contribution in [0.25, 0.3) is 5.13 Å². The highest BCUT2D eigenvalue weighted by atomic mass is 32.1. The number of hydrogen-bond acceptors (Lipinski definition) is 4. The average molecular weight is 332 g/mol. The number of hydrogen-bond donors (Lipinski definition) is 1. The molecule has 1 saturated carbocycles. The number of carbonyl (C=O) groups excluding carboxylic acids is 1. The molecule has 0 unspecified atom stereocenters. The molecule has 1 fully saturated rings. The molecule has 3 rings (SSSR count). The van der Waals surface area contributed by atoms with E-state index >= 15 is 0 Å². The lowest BCUT2D eigenvalue weighted by Crippen LogP contribution is -2.33. The van der Waals surface area contributed by atoms with Gasteiger partial charge in [0.05, 0.1) is 11.4 Å². The van der Waals surface area contributed by atoms with E-state index in [9.17, 15) is 4.79 Å². The first-order chi connectivity index (χ1) is 11.1. The van der Waals surface area contributed by atoms with Gasteiger partial charge in [-0.3, -0.25) is 4.79 Å². The summed E-state index contributed by atoms with van der Waals surface area (Å²) in [7, 11) is 0. The van der Waals surface area contributed by atoms with Gasteiger partial charge in [0.15, 0.2) is 0 Å². The smallest absolute Gasteiger partial charge is 0.223 e. The molecule has 124 valence electrons. The molecule has 0 radical (unpaired) electrons. The van der Waals surface area contributed by atoms with Gasteiger partial charge in [-0.25, -0.2) is 9.67 Å². The van der Waals surface area contributed by atoms with Gasteiger partial charge in [-0.1, -0.05) is 19.3 Å². The van der Waals surface area contributed by atoms with Crippen LogP contribution in [0.4, 0.5) is 0 Å². The van der Waals surface area contributed by atoms with E-state index in [2.05, 4.69) is 20.8 Å². The predicted molar refractivity (Wildman–Crippen MR) is 92.0 cm³/mol. The molecule has 1 aliphatic carbocycles. The van der Waals surface area contributed by atoms with Crippen LogP contribution in [0.2, 0.25) is 0 Å². The Kier molecular flexibility index (Phi) is 5.10. The third-order valence-electron chi connectivity index (χ3n) is 4.39. The molecular weight excluding hydrogens is 308 g/mol. The van der Waals surface area contributed by atoms with Gasteiger partial charge in [0, 0.05) is 30.0 Å². The molecule has 1 aliphatic rings. The maximum absolute atomic E-state index is 12.1. The molecule has 0 aromatic carbocycles. The third-order valence-corrected chi connectivity index (χ3v) is 5.25. The first-order valence-corrected chi connectivity index (χ1v) is 9.27. The molecule has 0 bridgehead atoms. The lowest BCUT2D eigenvalue weighted by Gasteiger charge is -2.20. The monoisotopic (exact) mass is 332 g/mol. The van der Waals surface area contributed by atoms with Gasteiger partial charge in [0.1, 0.15) is 0 Å². The van der Waals surface area contributed by atoms with Crippen molar-refractivity contribution in [1.82, 2.24) is 20.1 Å². The Morgan fingerprint density at radius 3 is 2.83 bits per heavy atom. The number of rotatable bonds is 5. The van der Waals surface area contributed by atoms with E-state index in [4.69, 9.17) is 0 Å². The van der Waals surface area contributed by atoms with E-state index in [1.165, 1.54) is 19.3 Å². The second-order valence-electron chi connectivity index (χ2n) is 6.34. The van der Waals surface area contributed by atoms with E-state index in [-0.39, 0.29) is 11.8 Å². The Bertz CT molecular complexity index is 670. The van der Waals surface area contributed by atoms with Crippen LogP contribution in [0.3, 0.4) is 0 Å². The molecule has 1 N–H and O–H groups in total. The minimum atomic E-state index is 0.221. The highest BCUT2D eigenvalue weighted by Gasteiger charge is 2.20. The van der Waals surface area contributed by atoms with Crippen LogP contribution in [0.15, 0.2) is 11.4 Å². The zero-order valence-electron chi connectivity index (χ0n) is 13.8. The van der Waals surface area contributed by atoms with Crippen molar-refractivity contribution >= 4 is 17.2 Å². The van der Waals surface area contributed by atoms with Gasteiger partial charge in [0.2, 0.25) is 11.0 Å². The van der Waals surface area contributed by atoms with E-state index in [1.54, 1.807) is 11.3 Å². The number of nitrogens with zero attached hydrogens (tertiary/aromatic N) is 3. The van der Waals surface area contributed by atoms with Crippen molar-refractivity contribution in [2.24, 2.45) is 5.92 Å². The maximum atomic E-state index is 12.1. The van der Waals surface area contributed by atoms with Crippen LogP contribution < -0.4 is 5.32 Å². The van der Waals surface area contributed by atoms with E-state index < -0.39 is 0 Å². The van der Waals surface area contributed by atoms with Crippen molar-refractivity contribution in [1.29, 1.82) is 0 Å². The first kappa shape index (κ1) is 16.2. The minimum absolute atomic E-state index is 0.221. The van der Waals surface area contributed by atoms with Gasteiger partial charge in [-0.15, -0.1) is 11.3 Å². The Balaban J connectivity index is 1.51. The summed E-state index contributed by atoms with van der Waals surface area (Å²) in [5, 5.41) is 10.5. The molecule has 0 spiro atoms. The summed E-state index contributed by atoms with van der Waals surface area (Å²) in [4.78, 5) is 16.8. The number of nitrogens with one attached hydrogen (secondary N) is 1. The van der Waals surface area contributed by atoms with Crippen molar-refractivity contribution in [3.05, 3.63) is 28.5 Å². The Morgan fingerprint density at radius 2 is 2.13 bits per heavy atom. The highest BCUT2D eigenvalue weighted by molar-refractivity contribution is 7.12. The van der Waals surface area contributed by atoms with Gasteiger partial charge < -0.3 is 5.32 Å². The summed E-state index contributed by atoms with van der Waals surface area (Å²) in [5.41, 5.74) is 3.11.